The van der Waals surface area contributed by atoms with Gasteiger partial charge in [0.2, 0.25) is 0 Å². The van der Waals surface area contributed by atoms with E-state index >= 15 is 0 Å². The maximum Gasteiger partial charge on any atom is 0.194 e. The summed E-state index contributed by atoms with van der Waals surface area (Å²) in [7, 11) is 0. The van der Waals surface area contributed by atoms with Crippen LogP contribution < -0.4 is 0 Å². The first-order chi connectivity index (χ1) is 8.88. The van der Waals surface area contributed by atoms with Crippen LogP contribution >= 0.6 is 23.1 Å². The largest absolute Gasteiger partial charge is 0.211 e. The number of fused-ring (bicyclic) bond motifs is 5. The van der Waals surface area contributed by atoms with Crippen molar-refractivity contribution in [3.63, 3.8) is 0 Å². The Hall–Kier alpha value is -1.21. The molecule has 0 fully saturated rings. The first kappa shape index (κ1) is 10.7. The Bertz CT molecular complexity index is 745. The fraction of sp³-hybridized carbons (Fsp3) is 0.455. The van der Waals surface area contributed by atoms with Gasteiger partial charge in [0.25, 0.3) is 0 Å². The van der Waals surface area contributed by atoms with Gasteiger partial charge in [-0.25, -0.2) is 4.98 Å². The number of aryl methyl sites for hydroxylation is 2. The van der Waals surface area contributed by atoms with Crippen molar-refractivity contribution in [3.8, 4) is 0 Å². The Morgan fingerprint density at radius 1 is 1.39 bits per heavy atom. The molecule has 1 aliphatic rings. The summed E-state index contributed by atoms with van der Waals surface area (Å²) < 4.78 is 1.78. The van der Waals surface area contributed by atoms with Gasteiger partial charge in [0, 0.05) is 4.88 Å². The molecule has 7 heteroatoms. The zero-order valence-electron chi connectivity index (χ0n) is 9.88. The van der Waals surface area contributed by atoms with Gasteiger partial charge in [0.15, 0.2) is 10.8 Å². The van der Waals surface area contributed by atoms with Crippen LogP contribution in [0.4, 0.5) is 0 Å². The second kappa shape index (κ2) is 3.89. The Morgan fingerprint density at radius 2 is 2.33 bits per heavy atom. The Morgan fingerprint density at radius 3 is 3.22 bits per heavy atom. The van der Waals surface area contributed by atoms with Crippen LogP contribution in [0.3, 0.4) is 0 Å². The number of thioether (sulfide) groups is 1. The zero-order chi connectivity index (χ0) is 12.1. The van der Waals surface area contributed by atoms with Crippen LogP contribution in [0.15, 0.2) is 5.16 Å². The molecule has 0 unspecified atom stereocenters. The van der Waals surface area contributed by atoms with Crippen LogP contribution in [-0.4, -0.2) is 30.8 Å². The molecule has 0 amide bonds. The highest BCUT2D eigenvalue weighted by atomic mass is 32.2. The number of aromatic nitrogens is 5. The maximum absolute atomic E-state index is 4.73. The van der Waals surface area contributed by atoms with E-state index in [4.69, 9.17) is 4.98 Å². The van der Waals surface area contributed by atoms with Crippen LogP contribution in [0.25, 0.3) is 15.9 Å². The number of nitrogens with zero attached hydrogens (tertiary/aromatic N) is 5. The van der Waals surface area contributed by atoms with Gasteiger partial charge in [-0.1, -0.05) is 18.7 Å². The Labute approximate surface area is 112 Å². The summed E-state index contributed by atoms with van der Waals surface area (Å²) in [6.07, 6.45) is 3.57. The minimum absolute atomic E-state index is 0.871. The van der Waals surface area contributed by atoms with Crippen LogP contribution in [0.1, 0.15) is 23.8 Å². The van der Waals surface area contributed by atoms with Gasteiger partial charge < -0.3 is 0 Å². The van der Waals surface area contributed by atoms with E-state index in [2.05, 4.69) is 22.4 Å². The smallest absolute Gasteiger partial charge is 0.194 e. The second-order valence-electron chi connectivity index (χ2n) is 4.28. The molecule has 0 atom stereocenters. The Kier molecular flexibility index (Phi) is 2.31. The maximum atomic E-state index is 4.73. The molecule has 0 aliphatic heterocycles. The average molecular weight is 277 g/mol. The molecule has 5 nitrogen and oxygen atoms in total. The van der Waals surface area contributed by atoms with Gasteiger partial charge in [-0.2, -0.15) is 4.52 Å². The zero-order valence-corrected chi connectivity index (χ0v) is 11.5. The van der Waals surface area contributed by atoms with Gasteiger partial charge in [0.05, 0.1) is 5.39 Å². The first-order valence-corrected chi connectivity index (χ1v) is 7.84. The lowest BCUT2D eigenvalue weighted by molar-refractivity contribution is 0.743. The van der Waals surface area contributed by atoms with Crippen molar-refractivity contribution in [1.29, 1.82) is 0 Å². The van der Waals surface area contributed by atoms with E-state index in [9.17, 15) is 0 Å². The molecule has 3 heterocycles. The summed E-state index contributed by atoms with van der Waals surface area (Å²) in [6.45, 7) is 2.11. The molecule has 3 aromatic rings. The van der Waals surface area contributed by atoms with E-state index < -0.39 is 0 Å². The Balaban J connectivity index is 2.13. The van der Waals surface area contributed by atoms with Gasteiger partial charge in [0.1, 0.15) is 4.83 Å². The molecule has 0 saturated carbocycles. The van der Waals surface area contributed by atoms with Crippen LogP contribution in [0, 0.1) is 0 Å². The van der Waals surface area contributed by atoms with Crippen molar-refractivity contribution in [2.75, 3.05) is 5.75 Å². The van der Waals surface area contributed by atoms with E-state index in [-0.39, 0.29) is 0 Å². The van der Waals surface area contributed by atoms with Gasteiger partial charge in [-0.15, -0.1) is 16.4 Å². The number of tetrazole rings is 1. The summed E-state index contributed by atoms with van der Waals surface area (Å²) in [6, 6.07) is 0. The van der Waals surface area contributed by atoms with Crippen molar-refractivity contribution in [2.24, 2.45) is 0 Å². The molecule has 0 spiro atoms. The third-order valence-corrected chi connectivity index (χ3v) is 5.24. The minimum Gasteiger partial charge on any atom is -0.211 e. The van der Waals surface area contributed by atoms with Crippen LogP contribution in [0.2, 0.25) is 0 Å². The fourth-order valence-electron chi connectivity index (χ4n) is 2.53. The third-order valence-electron chi connectivity index (χ3n) is 3.25. The third kappa shape index (κ3) is 1.34. The van der Waals surface area contributed by atoms with Crippen molar-refractivity contribution in [2.45, 2.75) is 31.3 Å². The fourth-order valence-corrected chi connectivity index (χ4v) is 4.50. The normalized spacial score (nSPS) is 14.7. The summed E-state index contributed by atoms with van der Waals surface area (Å²) in [4.78, 5) is 7.30. The first-order valence-electron chi connectivity index (χ1n) is 6.03. The highest BCUT2D eigenvalue weighted by Crippen LogP contribution is 2.38. The number of hydrogen-bond acceptors (Lipinski definition) is 6. The van der Waals surface area contributed by atoms with Crippen LogP contribution in [-0.2, 0) is 12.8 Å². The summed E-state index contributed by atoms with van der Waals surface area (Å²) in [5.41, 5.74) is 2.30. The highest BCUT2D eigenvalue weighted by Gasteiger charge is 2.23. The van der Waals surface area contributed by atoms with Crippen molar-refractivity contribution >= 4 is 39.0 Å². The molecule has 0 saturated heterocycles. The molecular formula is C11H11N5S2. The predicted octanol–water partition coefficient (Wildman–Crippen LogP) is 2.33. The second-order valence-corrected chi connectivity index (χ2v) is 6.59. The molecule has 1 aliphatic carbocycles. The summed E-state index contributed by atoms with van der Waals surface area (Å²) in [5.74, 6) is 0.971. The summed E-state index contributed by atoms with van der Waals surface area (Å²) >= 11 is 3.49. The van der Waals surface area contributed by atoms with E-state index in [0.29, 0.717) is 0 Å². The minimum atomic E-state index is 0.871. The predicted molar refractivity (Wildman–Crippen MR) is 72.4 cm³/mol. The molecule has 18 heavy (non-hydrogen) atoms. The monoisotopic (exact) mass is 277 g/mol. The SMILES string of the molecule is CCSc1nc2sc3c(c2c2nnnn12)CCC3. The number of hydrogen-bond donors (Lipinski definition) is 0. The average Bonchev–Trinajstić information content (AvgIpc) is 3.01. The van der Waals surface area contributed by atoms with Crippen LogP contribution in [0.5, 0.6) is 0 Å². The summed E-state index contributed by atoms with van der Waals surface area (Å²) in [5, 5.41) is 14.1. The topological polar surface area (TPSA) is 56.0 Å². The lowest BCUT2D eigenvalue weighted by Crippen LogP contribution is -1.97. The van der Waals surface area contributed by atoms with E-state index in [0.717, 1.165) is 27.8 Å². The number of rotatable bonds is 2. The van der Waals surface area contributed by atoms with Gasteiger partial charge in [-0.05, 0) is 41.0 Å². The van der Waals surface area contributed by atoms with Crippen molar-refractivity contribution < 1.29 is 0 Å². The molecular weight excluding hydrogens is 266 g/mol. The lowest BCUT2D eigenvalue weighted by Gasteiger charge is -2.01. The molecule has 3 aromatic heterocycles. The quantitative estimate of drug-likeness (QED) is 0.531. The van der Waals surface area contributed by atoms with E-state index in [1.165, 1.54) is 28.7 Å². The molecule has 0 bridgehead atoms. The van der Waals surface area contributed by atoms with E-state index in [1.807, 2.05) is 11.3 Å². The van der Waals surface area contributed by atoms with Gasteiger partial charge in [-0.3, -0.25) is 0 Å². The van der Waals surface area contributed by atoms with Crippen molar-refractivity contribution in [1.82, 2.24) is 25.0 Å². The molecule has 4 rings (SSSR count). The number of thiophene rings is 1. The molecule has 0 aromatic carbocycles. The lowest BCUT2D eigenvalue weighted by atomic mass is 10.2. The molecule has 0 N–H and O–H groups in total. The van der Waals surface area contributed by atoms with E-state index in [1.54, 1.807) is 16.3 Å². The van der Waals surface area contributed by atoms with Crippen molar-refractivity contribution in [3.05, 3.63) is 10.4 Å². The molecule has 0 radical (unpaired) electrons. The molecule has 92 valence electrons. The van der Waals surface area contributed by atoms with Gasteiger partial charge >= 0.3 is 0 Å². The highest BCUT2D eigenvalue weighted by molar-refractivity contribution is 7.99. The standard InChI is InChI=1S/C11H11N5S2/c1-2-17-11-12-10-8(9-13-14-15-16(9)11)6-4-3-5-7(6)18-10/h2-5H2,1H3.